The third kappa shape index (κ3) is 4.38. The number of halogens is 3. The van der Waals surface area contributed by atoms with Gasteiger partial charge in [0.15, 0.2) is 6.10 Å². The van der Waals surface area contributed by atoms with E-state index in [1.54, 1.807) is 6.92 Å². The van der Waals surface area contributed by atoms with E-state index in [4.69, 9.17) is 5.11 Å². The van der Waals surface area contributed by atoms with Gasteiger partial charge in [0.25, 0.3) is 0 Å². The van der Waals surface area contributed by atoms with Crippen LogP contribution in [0.15, 0.2) is 0 Å². The molecule has 7 heteroatoms. The van der Waals surface area contributed by atoms with Crippen LogP contribution in [0.3, 0.4) is 0 Å². The van der Waals surface area contributed by atoms with Crippen molar-refractivity contribution in [3.8, 4) is 0 Å². The van der Waals surface area contributed by atoms with Crippen LogP contribution in [-0.4, -0.2) is 53.9 Å². The zero-order chi connectivity index (χ0) is 17.4. The van der Waals surface area contributed by atoms with Crippen LogP contribution in [0, 0.1) is 17.8 Å². The number of amides is 1. The number of fused-ring (bicyclic) bond motifs is 2. The zero-order valence-corrected chi connectivity index (χ0v) is 13.9. The van der Waals surface area contributed by atoms with Crippen LogP contribution < -0.4 is 5.32 Å². The minimum Gasteiger partial charge on any atom is -0.382 e. The van der Waals surface area contributed by atoms with Crippen molar-refractivity contribution in [2.24, 2.45) is 17.8 Å². The van der Waals surface area contributed by atoms with Crippen molar-refractivity contribution in [2.75, 3.05) is 13.6 Å². The molecule has 6 atom stereocenters. The first-order valence-corrected chi connectivity index (χ1v) is 8.35. The Labute approximate surface area is 135 Å². The van der Waals surface area contributed by atoms with Crippen molar-refractivity contribution in [3.05, 3.63) is 0 Å². The number of rotatable bonds is 6. The maximum absolute atomic E-state index is 12.4. The van der Waals surface area contributed by atoms with Gasteiger partial charge in [0, 0.05) is 12.6 Å². The van der Waals surface area contributed by atoms with Crippen molar-refractivity contribution < 1.29 is 23.1 Å². The Bertz CT molecular complexity index is 430. The highest BCUT2D eigenvalue weighted by Gasteiger charge is 2.43. The third-order valence-electron chi connectivity index (χ3n) is 5.68. The molecule has 6 unspecified atom stereocenters. The second-order valence-electron chi connectivity index (χ2n) is 7.31. The van der Waals surface area contributed by atoms with Gasteiger partial charge in [0.05, 0.1) is 6.04 Å². The number of hydrogen-bond acceptors (Lipinski definition) is 3. The molecule has 0 heterocycles. The summed E-state index contributed by atoms with van der Waals surface area (Å²) in [6, 6.07) is -0.672. The Balaban J connectivity index is 1.82. The molecule has 1 amide bonds. The fraction of sp³-hybridized carbons (Fsp3) is 0.938. The molecule has 2 aliphatic carbocycles. The fourth-order valence-electron chi connectivity index (χ4n) is 4.09. The predicted octanol–water partition coefficient (Wildman–Crippen LogP) is 2.17. The molecule has 0 aromatic carbocycles. The average Bonchev–Trinajstić information content (AvgIpc) is 3.07. The number of aliphatic hydroxyl groups is 1. The van der Waals surface area contributed by atoms with Gasteiger partial charge in [0.2, 0.25) is 5.91 Å². The van der Waals surface area contributed by atoms with Gasteiger partial charge in [-0.15, -0.1) is 0 Å². The van der Waals surface area contributed by atoms with E-state index < -0.39 is 24.9 Å². The Morgan fingerprint density at radius 2 is 1.96 bits per heavy atom. The van der Waals surface area contributed by atoms with E-state index in [1.165, 1.54) is 31.2 Å². The normalized spacial score (nSPS) is 31.2. The van der Waals surface area contributed by atoms with Crippen molar-refractivity contribution in [1.29, 1.82) is 0 Å². The van der Waals surface area contributed by atoms with Crippen LogP contribution in [-0.2, 0) is 4.79 Å². The molecule has 0 aromatic rings. The molecule has 0 spiro atoms. The van der Waals surface area contributed by atoms with Gasteiger partial charge in [-0.2, -0.15) is 13.2 Å². The van der Waals surface area contributed by atoms with Gasteiger partial charge in [-0.05, 0) is 57.9 Å². The predicted molar refractivity (Wildman–Crippen MR) is 80.7 cm³/mol. The van der Waals surface area contributed by atoms with Gasteiger partial charge >= 0.3 is 6.18 Å². The summed E-state index contributed by atoms with van der Waals surface area (Å²) in [7, 11) is 1.42. The van der Waals surface area contributed by atoms with Crippen LogP contribution in [0.1, 0.15) is 39.5 Å². The van der Waals surface area contributed by atoms with Crippen molar-refractivity contribution in [3.63, 3.8) is 0 Å². The van der Waals surface area contributed by atoms with Gasteiger partial charge in [-0.25, -0.2) is 0 Å². The van der Waals surface area contributed by atoms with E-state index in [0.717, 1.165) is 12.3 Å². The van der Waals surface area contributed by atoms with E-state index in [-0.39, 0.29) is 11.9 Å². The van der Waals surface area contributed by atoms with Gasteiger partial charge in [0.1, 0.15) is 0 Å². The number of nitrogens with one attached hydrogen (secondary N) is 1. The summed E-state index contributed by atoms with van der Waals surface area (Å²) in [4.78, 5) is 13.5. The first kappa shape index (κ1) is 18.5. The monoisotopic (exact) mass is 336 g/mol. The molecular weight excluding hydrogens is 309 g/mol. The summed E-state index contributed by atoms with van der Waals surface area (Å²) in [5, 5.41) is 12.1. The fourth-order valence-corrected chi connectivity index (χ4v) is 4.09. The molecule has 0 aliphatic heterocycles. The van der Waals surface area contributed by atoms with E-state index in [1.807, 2.05) is 6.92 Å². The second-order valence-corrected chi connectivity index (χ2v) is 7.31. The molecule has 0 saturated heterocycles. The SMILES string of the molecule is CC(NC(=O)C(C)N(C)CC(O)C(F)(F)F)C1CC2CCC1C2. The zero-order valence-electron chi connectivity index (χ0n) is 13.9. The van der Waals surface area contributed by atoms with Crippen LogP contribution in [0.5, 0.6) is 0 Å². The second kappa shape index (κ2) is 6.97. The number of alkyl halides is 3. The van der Waals surface area contributed by atoms with E-state index in [2.05, 4.69) is 5.32 Å². The molecule has 2 saturated carbocycles. The lowest BCUT2D eigenvalue weighted by atomic mass is 9.84. The lowest BCUT2D eigenvalue weighted by Gasteiger charge is -2.32. The number of aliphatic hydroxyl groups excluding tert-OH is 1. The number of likely N-dealkylation sites (N-methyl/N-ethyl adjacent to an activating group) is 1. The topological polar surface area (TPSA) is 52.6 Å². The van der Waals surface area contributed by atoms with Crippen LogP contribution in [0.2, 0.25) is 0 Å². The average molecular weight is 336 g/mol. The number of hydrogen-bond donors (Lipinski definition) is 2. The smallest absolute Gasteiger partial charge is 0.382 e. The van der Waals surface area contributed by atoms with Crippen molar-refractivity contribution in [2.45, 2.75) is 63.9 Å². The largest absolute Gasteiger partial charge is 0.415 e. The number of carbonyl (C=O) groups excluding carboxylic acids is 1. The Morgan fingerprint density at radius 1 is 1.30 bits per heavy atom. The van der Waals surface area contributed by atoms with Gasteiger partial charge in [-0.1, -0.05) is 6.42 Å². The molecule has 0 aromatic heterocycles. The summed E-state index contributed by atoms with van der Waals surface area (Å²) in [6.45, 7) is 2.94. The molecule has 2 rings (SSSR count). The molecule has 2 N–H and O–H groups in total. The molecule has 2 bridgehead atoms. The molecule has 134 valence electrons. The quantitative estimate of drug-likeness (QED) is 0.782. The van der Waals surface area contributed by atoms with Crippen LogP contribution in [0.4, 0.5) is 13.2 Å². The lowest BCUT2D eigenvalue weighted by Crippen LogP contribution is -2.51. The number of nitrogens with zero attached hydrogens (tertiary/aromatic N) is 1. The summed E-state index contributed by atoms with van der Waals surface area (Å²) >= 11 is 0. The summed E-state index contributed by atoms with van der Waals surface area (Å²) in [6.07, 6.45) is -2.20. The Hall–Kier alpha value is -0.820. The number of carbonyl (C=O) groups is 1. The first-order valence-electron chi connectivity index (χ1n) is 8.35. The maximum atomic E-state index is 12.4. The van der Waals surface area contributed by atoms with E-state index >= 15 is 0 Å². The summed E-state index contributed by atoms with van der Waals surface area (Å²) < 4.78 is 37.2. The first-order chi connectivity index (χ1) is 10.6. The highest BCUT2D eigenvalue weighted by molar-refractivity contribution is 5.81. The third-order valence-corrected chi connectivity index (χ3v) is 5.68. The standard InChI is InChI=1S/C16H27F3N2O2/c1-9(13-7-11-4-5-12(13)6-11)20-15(23)10(2)21(3)8-14(22)16(17,18)19/h9-14,22H,4-8H2,1-3H3,(H,20,23). The minimum atomic E-state index is -4.67. The summed E-state index contributed by atoms with van der Waals surface area (Å²) in [5.41, 5.74) is 0. The summed E-state index contributed by atoms with van der Waals surface area (Å²) in [5.74, 6) is 1.66. The molecule has 2 fully saturated rings. The highest BCUT2D eigenvalue weighted by atomic mass is 19.4. The molecular formula is C16H27F3N2O2. The Morgan fingerprint density at radius 3 is 2.43 bits per heavy atom. The van der Waals surface area contributed by atoms with E-state index in [0.29, 0.717) is 11.8 Å². The molecule has 0 radical (unpaired) electrons. The van der Waals surface area contributed by atoms with Gasteiger partial charge < -0.3 is 10.4 Å². The maximum Gasteiger partial charge on any atom is 0.415 e. The molecule has 2 aliphatic rings. The lowest BCUT2D eigenvalue weighted by molar-refractivity contribution is -0.208. The minimum absolute atomic E-state index is 0.0428. The van der Waals surface area contributed by atoms with Crippen LogP contribution >= 0.6 is 0 Å². The van der Waals surface area contributed by atoms with Gasteiger partial charge in [-0.3, -0.25) is 9.69 Å². The highest BCUT2D eigenvalue weighted by Crippen LogP contribution is 2.49. The van der Waals surface area contributed by atoms with Crippen LogP contribution in [0.25, 0.3) is 0 Å². The van der Waals surface area contributed by atoms with Crippen molar-refractivity contribution in [1.82, 2.24) is 10.2 Å². The molecule has 4 nitrogen and oxygen atoms in total. The molecule has 23 heavy (non-hydrogen) atoms. The van der Waals surface area contributed by atoms with Crippen molar-refractivity contribution >= 4 is 5.91 Å². The van der Waals surface area contributed by atoms with E-state index in [9.17, 15) is 18.0 Å². The Kier molecular flexibility index (Phi) is 5.61.